The molecule has 0 aliphatic rings. The first kappa shape index (κ1) is 39.8. The summed E-state index contributed by atoms with van der Waals surface area (Å²) in [5, 5.41) is 2.70. The fourth-order valence-corrected chi connectivity index (χ4v) is 16.6. The van der Waals surface area contributed by atoms with Gasteiger partial charge in [-0.1, -0.05) is 0 Å². The quantitative estimate of drug-likeness (QED) is 0.156. The van der Waals surface area contributed by atoms with Crippen molar-refractivity contribution in [3.63, 3.8) is 0 Å². The van der Waals surface area contributed by atoms with Crippen LogP contribution in [0.3, 0.4) is 0 Å². The molecule has 4 aromatic heterocycles. The van der Waals surface area contributed by atoms with E-state index in [1.807, 2.05) is 12.4 Å². The summed E-state index contributed by atoms with van der Waals surface area (Å²) >= 11 is -1.37. The second kappa shape index (κ2) is 15.0. The van der Waals surface area contributed by atoms with Crippen LogP contribution in [0.5, 0.6) is 11.5 Å². The molecule has 0 radical (unpaired) electrons. The number of benzene rings is 4. The zero-order valence-corrected chi connectivity index (χ0v) is 40.0. The van der Waals surface area contributed by atoms with Crippen molar-refractivity contribution < 1.29 is 4.74 Å². The first-order valence-corrected chi connectivity index (χ1v) is 24.5. The molecule has 0 amide bonds. The number of hydrogen-bond donors (Lipinski definition) is 0. The van der Waals surface area contributed by atoms with Crippen LogP contribution in [0.4, 0.5) is 0 Å². The maximum absolute atomic E-state index is 7.04. The van der Waals surface area contributed by atoms with Gasteiger partial charge in [-0.3, -0.25) is 0 Å². The Hall–Kier alpha value is -3.96. The molecule has 3 nitrogen and oxygen atoms in total. The number of nitrogens with zero attached hydrogens (tertiary/aromatic N) is 2. The molecule has 4 heterocycles. The SMILES string of the molecule is Cc1cccc(C)c1-c1[te]c2c(-c3cc(Oc4cc(-c5nccc6c(C)c(-c7c(C)cccc7C)[te]c56)cc(C(C)(C)C)c4)cc(C(C)(C)C)c3)nccc2c1C. The number of fused-ring (bicyclic) bond motifs is 2. The summed E-state index contributed by atoms with van der Waals surface area (Å²) < 4.78 is 13.0. The van der Waals surface area contributed by atoms with Crippen molar-refractivity contribution in [2.24, 2.45) is 0 Å². The summed E-state index contributed by atoms with van der Waals surface area (Å²) in [5.41, 5.74) is 17.8. The van der Waals surface area contributed by atoms with E-state index in [-0.39, 0.29) is 10.8 Å². The average Bonchev–Trinajstić information content (AvgIpc) is 3.66. The fourth-order valence-electron chi connectivity index (χ4n) is 8.12. The van der Waals surface area contributed by atoms with E-state index in [1.165, 1.54) is 80.4 Å². The summed E-state index contributed by atoms with van der Waals surface area (Å²) in [6.07, 6.45) is 4.00. The van der Waals surface area contributed by atoms with Crippen LogP contribution < -0.4 is 4.74 Å². The van der Waals surface area contributed by atoms with E-state index in [0.29, 0.717) is 0 Å². The average molecular weight is 976 g/mol. The molecule has 0 spiro atoms. The Balaban J connectivity index is 1.27. The van der Waals surface area contributed by atoms with Crippen LogP contribution in [0.25, 0.3) is 58.4 Å². The van der Waals surface area contributed by atoms with Crippen LogP contribution in [0, 0.1) is 41.5 Å². The molecular formula is C52H52N2OTe2. The summed E-state index contributed by atoms with van der Waals surface area (Å²) in [6.45, 7) is 27.3. The van der Waals surface area contributed by atoms with Crippen LogP contribution in [0.15, 0.2) is 97.3 Å². The van der Waals surface area contributed by atoms with Crippen molar-refractivity contribution >= 4 is 58.4 Å². The Morgan fingerprint density at radius 1 is 0.474 bits per heavy atom. The Bertz CT molecular complexity index is 2620. The molecule has 4 aromatic carbocycles. The molecule has 288 valence electrons. The number of rotatable bonds is 6. The first-order valence-electron chi connectivity index (χ1n) is 19.9. The minimum absolute atomic E-state index is 0.0876. The van der Waals surface area contributed by atoms with Crippen LogP contribution in [-0.2, 0) is 10.8 Å². The molecule has 8 aromatic rings. The molecule has 0 atom stereocenters. The second-order valence-electron chi connectivity index (χ2n) is 17.8. The van der Waals surface area contributed by atoms with Crippen molar-refractivity contribution in [3.05, 3.63) is 142 Å². The van der Waals surface area contributed by atoms with Crippen LogP contribution in [0.2, 0.25) is 0 Å². The van der Waals surface area contributed by atoms with Gasteiger partial charge in [-0.25, -0.2) is 0 Å². The number of aryl methyl sites for hydroxylation is 6. The maximum atomic E-state index is 7.04. The van der Waals surface area contributed by atoms with Crippen LogP contribution >= 0.6 is 0 Å². The predicted octanol–water partition coefficient (Wildman–Crippen LogP) is 13.8. The summed E-state index contributed by atoms with van der Waals surface area (Å²) in [5.74, 6) is 1.67. The number of pyridine rings is 2. The van der Waals surface area contributed by atoms with Crippen molar-refractivity contribution in [2.45, 2.75) is 93.9 Å². The molecule has 0 unspecified atom stereocenters. The Kier molecular flexibility index (Phi) is 10.5. The van der Waals surface area contributed by atoms with Crippen LogP contribution in [-0.4, -0.2) is 50.8 Å². The van der Waals surface area contributed by atoms with Gasteiger partial charge in [-0.15, -0.1) is 0 Å². The van der Waals surface area contributed by atoms with Gasteiger partial charge < -0.3 is 0 Å². The molecule has 0 saturated carbocycles. The molecule has 5 heteroatoms. The van der Waals surface area contributed by atoms with Gasteiger partial charge in [0.2, 0.25) is 0 Å². The minimum atomic E-state index is -0.687. The van der Waals surface area contributed by atoms with Gasteiger partial charge in [-0.05, 0) is 0 Å². The summed E-state index contributed by atoms with van der Waals surface area (Å²) in [7, 11) is 0. The van der Waals surface area contributed by atoms with Gasteiger partial charge in [-0.2, -0.15) is 0 Å². The van der Waals surface area contributed by atoms with Crippen molar-refractivity contribution in [1.82, 2.24) is 9.97 Å². The standard InChI is InChI=1S/C52H52N2OTe2/c1-29-15-13-16-30(2)43(29)47-33(5)41-19-21-53-45(49(41)56-47)35-23-37(51(7,8)9)27-39(25-35)55-40-26-36(24-38(28-40)52(10,11)12)46-50-42(20-22-54-46)34(6)48(57-50)44-31(3)17-14-18-32(44)4/h13-28H,1-12H3. The van der Waals surface area contributed by atoms with E-state index in [0.717, 1.165) is 34.0 Å². The molecule has 8 rings (SSSR count). The zero-order valence-electron chi connectivity index (χ0n) is 35.4. The zero-order chi connectivity index (χ0) is 40.6. The molecule has 0 N–H and O–H groups in total. The van der Waals surface area contributed by atoms with E-state index in [9.17, 15) is 0 Å². The van der Waals surface area contributed by atoms with Crippen molar-refractivity contribution in [2.75, 3.05) is 0 Å². The summed E-state index contributed by atoms with van der Waals surface area (Å²) in [6, 6.07) is 31.4. The third kappa shape index (κ3) is 7.47. The third-order valence-electron chi connectivity index (χ3n) is 11.5. The number of ether oxygens (including phenoxy) is 1. The molecule has 0 bridgehead atoms. The predicted molar refractivity (Wildman–Crippen MR) is 245 cm³/mol. The Morgan fingerprint density at radius 3 is 1.19 bits per heavy atom. The summed E-state index contributed by atoms with van der Waals surface area (Å²) in [4.78, 5) is 10.2. The van der Waals surface area contributed by atoms with Gasteiger partial charge in [0.15, 0.2) is 0 Å². The third-order valence-corrected chi connectivity index (χ3v) is 19.1. The van der Waals surface area contributed by atoms with Gasteiger partial charge >= 0.3 is 361 Å². The monoisotopic (exact) mass is 980 g/mol. The second-order valence-corrected chi connectivity index (χ2v) is 23.6. The first-order chi connectivity index (χ1) is 27.0. The molecule has 57 heavy (non-hydrogen) atoms. The van der Waals surface area contributed by atoms with Crippen molar-refractivity contribution in [3.8, 4) is 52.3 Å². The number of hydrogen-bond acceptors (Lipinski definition) is 3. The van der Waals surface area contributed by atoms with E-state index in [2.05, 4.69) is 168 Å². The van der Waals surface area contributed by atoms with Crippen LogP contribution in [0.1, 0.15) is 86.1 Å². The van der Waals surface area contributed by atoms with Gasteiger partial charge in [0.05, 0.1) is 0 Å². The normalized spacial score (nSPS) is 12.2. The Morgan fingerprint density at radius 2 is 0.842 bits per heavy atom. The van der Waals surface area contributed by atoms with E-state index in [1.54, 1.807) is 0 Å². The van der Waals surface area contributed by atoms with Gasteiger partial charge in [0, 0.05) is 0 Å². The topological polar surface area (TPSA) is 35.0 Å². The molecule has 0 aliphatic heterocycles. The number of aromatic nitrogens is 2. The fraction of sp³-hybridized carbons (Fsp3) is 0.269. The van der Waals surface area contributed by atoms with E-state index >= 15 is 0 Å². The van der Waals surface area contributed by atoms with E-state index in [4.69, 9.17) is 14.7 Å². The molecule has 0 saturated heterocycles. The van der Waals surface area contributed by atoms with E-state index < -0.39 is 40.9 Å². The molecule has 0 aliphatic carbocycles. The van der Waals surface area contributed by atoms with Crippen molar-refractivity contribution in [1.29, 1.82) is 0 Å². The van der Waals surface area contributed by atoms with Gasteiger partial charge in [0.25, 0.3) is 0 Å². The molecular weight excluding hydrogens is 924 g/mol. The van der Waals surface area contributed by atoms with Gasteiger partial charge in [0.1, 0.15) is 0 Å². The Labute approximate surface area is 358 Å². The molecule has 0 fully saturated rings.